The van der Waals surface area contributed by atoms with Crippen LogP contribution < -0.4 is 4.90 Å². The first-order chi connectivity index (χ1) is 12.7. The molecule has 1 saturated carbocycles. The molecule has 1 aliphatic heterocycles. The van der Waals surface area contributed by atoms with Gasteiger partial charge in [0.15, 0.2) is 5.01 Å². The number of anilines is 1. The van der Waals surface area contributed by atoms with Crippen molar-refractivity contribution >= 4 is 27.8 Å². The second-order valence-electron chi connectivity index (χ2n) is 7.18. The summed E-state index contributed by atoms with van der Waals surface area (Å²) in [7, 11) is 2.24. The third-order valence-electron chi connectivity index (χ3n) is 5.65. The smallest absolute Gasteiger partial charge is 0.208 e. The first-order valence-corrected chi connectivity index (χ1v) is 10.5. The summed E-state index contributed by atoms with van der Waals surface area (Å²) in [5, 5.41) is 17.6. The van der Waals surface area contributed by atoms with E-state index in [1.54, 1.807) is 28.9 Å². The first-order valence-electron chi connectivity index (χ1n) is 8.81. The van der Waals surface area contributed by atoms with E-state index in [2.05, 4.69) is 42.6 Å². The Morgan fingerprint density at radius 3 is 2.96 bits per heavy atom. The van der Waals surface area contributed by atoms with Gasteiger partial charge in [0.25, 0.3) is 0 Å². The molecule has 1 atom stereocenters. The standard InChI is InChI=1S/C17H20N6OS2/c1-22(11-14-18-5-9-25-14)13-10-17(13)3-6-23(7-4-17)16-20-19-15(26-16)12-2-8-24-21-12/h2,5,8-9,13H,3-4,6-7,10-11H2,1H3. The molecule has 136 valence electrons. The van der Waals surface area contributed by atoms with Crippen molar-refractivity contribution in [3.05, 3.63) is 28.9 Å². The molecule has 1 saturated heterocycles. The van der Waals surface area contributed by atoms with Crippen molar-refractivity contribution in [1.29, 1.82) is 0 Å². The Morgan fingerprint density at radius 1 is 1.35 bits per heavy atom. The van der Waals surface area contributed by atoms with Crippen LogP contribution in [-0.4, -0.2) is 51.4 Å². The van der Waals surface area contributed by atoms with Crippen LogP contribution in [0.5, 0.6) is 0 Å². The van der Waals surface area contributed by atoms with Gasteiger partial charge in [0.1, 0.15) is 17.0 Å². The summed E-state index contributed by atoms with van der Waals surface area (Å²) in [6, 6.07) is 2.51. The van der Waals surface area contributed by atoms with Gasteiger partial charge < -0.3 is 9.42 Å². The average molecular weight is 389 g/mol. The van der Waals surface area contributed by atoms with Gasteiger partial charge >= 0.3 is 0 Å². The highest BCUT2D eigenvalue weighted by molar-refractivity contribution is 7.18. The molecular formula is C17H20N6OS2. The van der Waals surface area contributed by atoms with E-state index < -0.39 is 0 Å². The van der Waals surface area contributed by atoms with Gasteiger partial charge in [0, 0.05) is 36.8 Å². The van der Waals surface area contributed by atoms with Crippen LogP contribution in [0.15, 0.2) is 28.4 Å². The fourth-order valence-corrected chi connectivity index (χ4v) is 5.59. The maximum atomic E-state index is 4.90. The highest BCUT2D eigenvalue weighted by atomic mass is 32.1. The molecule has 2 aliphatic rings. The molecule has 26 heavy (non-hydrogen) atoms. The minimum Gasteiger partial charge on any atom is -0.364 e. The van der Waals surface area contributed by atoms with Crippen molar-refractivity contribution in [3.8, 4) is 10.7 Å². The quantitative estimate of drug-likeness (QED) is 0.665. The van der Waals surface area contributed by atoms with Crippen molar-refractivity contribution in [2.45, 2.75) is 31.8 Å². The molecule has 0 aromatic carbocycles. The van der Waals surface area contributed by atoms with E-state index in [-0.39, 0.29) is 0 Å². The Balaban J connectivity index is 1.19. The van der Waals surface area contributed by atoms with E-state index in [1.165, 1.54) is 24.3 Å². The maximum absolute atomic E-state index is 4.90. The lowest BCUT2D eigenvalue weighted by Crippen LogP contribution is -2.37. The van der Waals surface area contributed by atoms with Crippen molar-refractivity contribution in [1.82, 2.24) is 25.2 Å². The van der Waals surface area contributed by atoms with E-state index in [4.69, 9.17) is 4.52 Å². The van der Waals surface area contributed by atoms with Gasteiger partial charge in [-0.2, -0.15) is 0 Å². The summed E-state index contributed by atoms with van der Waals surface area (Å²) in [4.78, 5) is 9.27. The maximum Gasteiger partial charge on any atom is 0.208 e. The second kappa shape index (κ2) is 6.40. The van der Waals surface area contributed by atoms with Gasteiger partial charge in [-0.25, -0.2) is 4.98 Å². The molecule has 1 aliphatic carbocycles. The fourth-order valence-electron chi connectivity index (χ4n) is 4.05. The van der Waals surface area contributed by atoms with Crippen LogP contribution in [0.3, 0.4) is 0 Å². The highest BCUT2D eigenvalue weighted by Crippen LogP contribution is 2.57. The number of nitrogens with zero attached hydrogens (tertiary/aromatic N) is 6. The van der Waals surface area contributed by atoms with Crippen molar-refractivity contribution in [3.63, 3.8) is 0 Å². The molecule has 0 N–H and O–H groups in total. The highest BCUT2D eigenvalue weighted by Gasteiger charge is 2.56. The molecule has 0 amide bonds. The number of rotatable bonds is 5. The second-order valence-corrected chi connectivity index (χ2v) is 9.12. The van der Waals surface area contributed by atoms with Crippen molar-refractivity contribution in [2.24, 2.45) is 5.41 Å². The van der Waals surface area contributed by atoms with Gasteiger partial charge in [0.2, 0.25) is 5.13 Å². The average Bonchev–Trinajstić information content (AvgIpc) is 3.20. The third-order valence-corrected chi connectivity index (χ3v) is 7.42. The van der Waals surface area contributed by atoms with Crippen LogP contribution in [0.1, 0.15) is 24.3 Å². The summed E-state index contributed by atoms with van der Waals surface area (Å²) < 4.78 is 4.90. The number of aromatic nitrogens is 4. The van der Waals surface area contributed by atoms with Crippen LogP contribution in [0, 0.1) is 5.41 Å². The van der Waals surface area contributed by atoms with Crippen LogP contribution in [0.25, 0.3) is 10.7 Å². The monoisotopic (exact) mass is 388 g/mol. The molecule has 7 nitrogen and oxygen atoms in total. The lowest BCUT2D eigenvalue weighted by Gasteiger charge is -2.33. The molecular weight excluding hydrogens is 368 g/mol. The molecule has 0 bridgehead atoms. The van der Waals surface area contributed by atoms with Crippen molar-refractivity contribution < 1.29 is 4.52 Å². The molecule has 5 rings (SSSR count). The predicted octanol–water partition coefficient (Wildman–Crippen LogP) is 3.14. The van der Waals surface area contributed by atoms with Gasteiger partial charge in [-0.3, -0.25) is 4.90 Å². The van der Waals surface area contributed by atoms with Gasteiger partial charge in [-0.15, -0.1) is 21.5 Å². The summed E-state index contributed by atoms with van der Waals surface area (Å²) in [5.74, 6) is 0. The topological polar surface area (TPSA) is 71.2 Å². The first kappa shape index (κ1) is 16.3. The number of hydrogen-bond donors (Lipinski definition) is 0. The molecule has 1 unspecified atom stereocenters. The number of hydrogen-bond acceptors (Lipinski definition) is 9. The largest absolute Gasteiger partial charge is 0.364 e. The minimum atomic E-state index is 0.488. The van der Waals surface area contributed by atoms with Crippen LogP contribution >= 0.6 is 22.7 Å². The van der Waals surface area contributed by atoms with Crippen LogP contribution in [-0.2, 0) is 6.54 Å². The number of piperidine rings is 1. The molecule has 2 fully saturated rings. The van der Waals surface area contributed by atoms with E-state index in [0.717, 1.165) is 35.5 Å². The van der Waals surface area contributed by atoms with E-state index in [1.807, 2.05) is 12.3 Å². The van der Waals surface area contributed by atoms with E-state index >= 15 is 0 Å². The number of thiazole rings is 1. The lowest BCUT2D eigenvalue weighted by molar-refractivity contribution is 0.239. The molecule has 3 aromatic rings. The minimum absolute atomic E-state index is 0.488. The molecule has 3 aromatic heterocycles. The Kier molecular flexibility index (Phi) is 4.02. The van der Waals surface area contributed by atoms with Gasteiger partial charge in [0.05, 0.1) is 6.54 Å². The van der Waals surface area contributed by atoms with Crippen LogP contribution in [0.4, 0.5) is 5.13 Å². The zero-order valence-electron chi connectivity index (χ0n) is 14.5. The Labute approximate surface area is 159 Å². The summed E-state index contributed by atoms with van der Waals surface area (Å²) >= 11 is 3.34. The van der Waals surface area contributed by atoms with E-state index in [0.29, 0.717) is 11.5 Å². The zero-order valence-corrected chi connectivity index (χ0v) is 16.2. The van der Waals surface area contributed by atoms with Gasteiger partial charge in [-0.1, -0.05) is 16.5 Å². The predicted molar refractivity (Wildman–Crippen MR) is 101 cm³/mol. The molecule has 1 spiro atoms. The summed E-state index contributed by atoms with van der Waals surface area (Å²) in [5.41, 5.74) is 1.25. The molecule has 0 radical (unpaired) electrons. The third kappa shape index (κ3) is 2.93. The Hall–Kier alpha value is -1.84. The molecule has 4 heterocycles. The van der Waals surface area contributed by atoms with Crippen molar-refractivity contribution in [2.75, 3.05) is 25.0 Å². The Morgan fingerprint density at radius 2 is 2.23 bits per heavy atom. The zero-order chi connectivity index (χ0) is 17.6. The van der Waals surface area contributed by atoms with E-state index in [9.17, 15) is 0 Å². The summed E-state index contributed by atoms with van der Waals surface area (Å²) in [6.07, 6.45) is 7.21. The SMILES string of the molecule is CN(Cc1nccs1)C1CC12CCN(c1nnc(-c3ccon3)s1)CC2. The fraction of sp³-hybridized carbons (Fsp3) is 0.529. The summed E-state index contributed by atoms with van der Waals surface area (Å²) in [6.45, 7) is 3.06. The normalized spacial score (nSPS) is 21.6. The Bertz CT molecular complexity index is 854. The van der Waals surface area contributed by atoms with Crippen LogP contribution in [0.2, 0.25) is 0 Å². The van der Waals surface area contributed by atoms with Gasteiger partial charge in [-0.05, 0) is 31.7 Å². The lowest BCUT2D eigenvalue weighted by atomic mass is 9.92. The molecule has 9 heteroatoms.